The molecule has 0 unspecified atom stereocenters. The van der Waals surface area contributed by atoms with Gasteiger partial charge in [0, 0.05) is 55.5 Å². The summed E-state index contributed by atoms with van der Waals surface area (Å²) in [6.45, 7) is 4.29. The number of carbonyl (C=O) groups excluding carboxylic acids is 1. The van der Waals surface area contributed by atoms with Gasteiger partial charge in [-0.05, 0) is 60.9 Å². The van der Waals surface area contributed by atoms with Crippen molar-refractivity contribution in [3.63, 3.8) is 0 Å². The maximum Gasteiger partial charge on any atom is 0.303 e. The lowest BCUT2D eigenvalue weighted by Crippen LogP contribution is -2.48. The second kappa shape index (κ2) is 9.32. The van der Waals surface area contributed by atoms with Crippen molar-refractivity contribution in [1.82, 2.24) is 4.31 Å². The van der Waals surface area contributed by atoms with Gasteiger partial charge in [0.05, 0.1) is 11.3 Å². The van der Waals surface area contributed by atoms with Gasteiger partial charge in [-0.2, -0.15) is 4.31 Å². The molecule has 0 atom stereocenters. The lowest BCUT2D eigenvalue weighted by molar-refractivity contribution is -0.138. The van der Waals surface area contributed by atoms with Crippen LogP contribution in [0.3, 0.4) is 0 Å². The number of hydrogen-bond donors (Lipinski definition) is 1. The molecule has 10 heteroatoms. The fourth-order valence-electron chi connectivity index (χ4n) is 4.31. The van der Waals surface area contributed by atoms with E-state index in [4.69, 9.17) is 16.7 Å². The highest BCUT2D eigenvalue weighted by Gasteiger charge is 2.31. The SMILES string of the molecule is Cc1cc(N2CCN(S(=O)(=O)c3ccc4c(c3)CCN4C(=O)CCC(=O)O)CC2)ccc1Cl. The lowest BCUT2D eigenvalue weighted by atomic mass is 10.2. The Hall–Kier alpha value is -2.62. The molecule has 0 aliphatic carbocycles. The molecule has 2 aliphatic rings. The second-order valence-corrected chi connectivity index (χ2v) is 10.6. The van der Waals surface area contributed by atoms with Crippen molar-refractivity contribution in [2.75, 3.05) is 42.5 Å². The summed E-state index contributed by atoms with van der Waals surface area (Å²) in [5.74, 6) is -1.28. The van der Waals surface area contributed by atoms with Crippen molar-refractivity contribution in [2.45, 2.75) is 31.1 Å². The van der Waals surface area contributed by atoms with Crippen LogP contribution in [0.4, 0.5) is 11.4 Å². The summed E-state index contributed by atoms with van der Waals surface area (Å²) in [5.41, 5.74) is 3.46. The molecular weight excluding hydrogens is 466 g/mol. The van der Waals surface area contributed by atoms with E-state index in [1.807, 2.05) is 25.1 Å². The van der Waals surface area contributed by atoms with Crippen LogP contribution in [-0.2, 0) is 26.0 Å². The molecule has 2 heterocycles. The van der Waals surface area contributed by atoms with Gasteiger partial charge < -0.3 is 14.9 Å². The summed E-state index contributed by atoms with van der Waals surface area (Å²) >= 11 is 6.11. The van der Waals surface area contributed by atoms with Gasteiger partial charge in [0.15, 0.2) is 0 Å². The summed E-state index contributed by atoms with van der Waals surface area (Å²) in [4.78, 5) is 27.0. The standard InChI is InChI=1S/C23H26ClN3O5S/c1-16-14-18(2-4-20(16)24)25-10-12-26(13-11-25)33(31,32)19-3-5-21-17(15-19)8-9-27(21)22(28)6-7-23(29)30/h2-5,14-15H,6-13H2,1H3,(H,29,30). The number of carbonyl (C=O) groups is 2. The van der Waals surface area contributed by atoms with E-state index in [9.17, 15) is 18.0 Å². The number of fused-ring (bicyclic) bond motifs is 1. The van der Waals surface area contributed by atoms with Gasteiger partial charge in [-0.3, -0.25) is 9.59 Å². The molecule has 2 aromatic carbocycles. The summed E-state index contributed by atoms with van der Waals surface area (Å²) in [6.07, 6.45) is 0.242. The van der Waals surface area contributed by atoms with Crippen LogP contribution >= 0.6 is 11.6 Å². The number of carboxylic acids is 1. The minimum atomic E-state index is -3.66. The fourth-order valence-corrected chi connectivity index (χ4v) is 5.90. The number of hydrogen-bond acceptors (Lipinski definition) is 5. The summed E-state index contributed by atoms with van der Waals surface area (Å²) in [5, 5.41) is 9.51. The first-order valence-corrected chi connectivity index (χ1v) is 12.6. The minimum absolute atomic E-state index is 0.0771. The molecule has 2 aromatic rings. The predicted octanol–water partition coefficient (Wildman–Crippen LogP) is 2.91. The van der Waals surface area contributed by atoms with Crippen molar-refractivity contribution >= 4 is 44.9 Å². The molecule has 0 saturated carbocycles. The van der Waals surface area contributed by atoms with Crippen LogP contribution in [0, 0.1) is 6.92 Å². The molecule has 1 amide bonds. The number of halogens is 1. The molecule has 4 rings (SSSR count). The molecule has 1 fully saturated rings. The smallest absolute Gasteiger partial charge is 0.303 e. The van der Waals surface area contributed by atoms with Crippen molar-refractivity contribution in [3.05, 3.63) is 52.5 Å². The van der Waals surface area contributed by atoms with E-state index in [1.165, 1.54) is 10.4 Å². The zero-order chi connectivity index (χ0) is 23.8. The van der Waals surface area contributed by atoms with Crippen LogP contribution in [0.15, 0.2) is 41.3 Å². The van der Waals surface area contributed by atoms with E-state index in [-0.39, 0.29) is 23.6 Å². The zero-order valence-electron chi connectivity index (χ0n) is 18.3. The van der Waals surface area contributed by atoms with Crippen molar-refractivity contribution in [1.29, 1.82) is 0 Å². The zero-order valence-corrected chi connectivity index (χ0v) is 19.9. The molecular formula is C23H26ClN3O5S. The Morgan fingerprint density at radius 2 is 1.73 bits per heavy atom. The van der Waals surface area contributed by atoms with Crippen LogP contribution in [0.2, 0.25) is 5.02 Å². The summed E-state index contributed by atoms with van der Waals surface area (Å²) in [6, 6.07) is 10.6. The van der Waals surface area contributed by atoms with E-state index >= 15 is 0 Å². The summed E-state index contributed by atoms with van der Waals surface area (Å²) in [7, 11) is -3.66. The monoisotopic (exact) mass is 491 g/mol. The van der Waals surface area contributed by atoms with Crippen LogP contribution < -0.4 is 9.80 Å². The van der Waals surface area contributed by atoms with Gasteiger partial charge in [0.1, 0.15) is 0 Å². The minimum Gasteiger partial charge on any atom is -0.481 e. The Bertz CT molecular complexity index is 1190. The molecule has 0 aromatic heterocycles. The molecule has 0 spiro atoms. The topological polar surface area (TPSA) is 98.2 Å². The number of aliphatic carboxylic acids is 1. The second-order valence-electron chi connectivity index (χ2n) is 8.30. The Morgan fingerprint density at radius 1 is 1.00 bits per heavy atom. The number of aryl methyl sites for hydroxylation is 1. The first-order chi connectivity index (χ1) is 15.7. The van der Waals surface area contributed by atoms with E-state index < -0.39 is 16.0 Å². The number of amides is 1. The molecule has 1 saturated heterocycles. The molecule has 0 bridgehead atoms. The Morgan fingerprint density at radius 3 is 2.39 bits per heavy atom. The fraction of sp³-hybridized carbons (Fsp3) is 0.391. The third-order valence-corrected chi connectivity index (χ3v) is 8.50. The third-order valence-electron chi connectivity index (χ3n) is 6.18. The predicted molar refractivity (Wildman–Crippen MR) is 127 cm³/mol. The van der Waals surface area contributed by atoms with Crippen molar-refractivity contribution in [2.24, 2.45) is 0 Å². The average Bonchev–Trinajstić information content (AvgIpc) is 3.23. The van der Waals surface area contributed by atoms with Crippen molar-refractivity contribution < 1.29 is 23.1 Å². The van der Waals surface area contributed by atoms with Gasteiger partial charge in [-0.25, -0.2) is 8.42 Å². The van der Waals surface area contributed by atoms with Gasteiger partial charge in [0.2, 0.25) is 15.9 Å². The highest BCUT2D eigenvalue weighted by molar-refractivity contribution is 7.89. The normalized spacial score (nSPS) is 16.7. The molecule has 33 heavy (non-hydrogen) atoms. The molecule has 2 aliphatic heterocycles. The number of nitrogens with zero attached hydrogens (tertiary/aromatic N) is 3. The van der Waals surface area contributed by atoms with Crippen LogP contribution in [-0.4, -0.2) is 62.4 Å². The lowest BCUT2D eigenvalue weighted by Gasteiger charge is -2.35. The largest absolute Gasteiger partial charge is 0.481 e. The van der Waals surface area contributed by atoms with Crippen LogP contribution in [0.5, 0.6) is 0 Å². The highest BCUT2D eigenvalue weighted by Crippen LogP contribution is 2.32. The first kappa shape index (κ1) is 23.5. The Kier molecular flexibility index (Phi) is 6.65. The number of piperazine rings is 1. The number of carboxylic acid groups (broad SMARTS) is 1. The Labute approximate surface area is 198 Å². The molecule has 0 radical (unpaired) electrons. The molecule has 8 nitrogen and oxygen atoms in total. The quantitative estimate of drug-likeness (QED) is 0.667. The van der Waals surface area contributed by atoms with Gasteiger partial charge in [0.25, 0.3) is 0 Å². The van der Waals surface area contributed by atoms with E-state index in [2.05, 4.69) is 4.90 Å². The number of anilines is 2. The van der Waals surface area contributed by atoms with Gasteiger partial charge in [-0.15, -0.1) is 0 Å². The van der Waals surface area contributed by atoms with E-state index in [0.717, 1.165) is 16.8 Å². The third kappa shape index (κ3) is 4.85. The van der Waals surface area contributed by atoms with Gasteiger partial charge >= 0.3 is 5.97 Å². The van der Waals surface area contributed by atoms with Gasteiger partial charge in [-0.1, -0.05) is 11.6 Å². The first-order valence-electron chi connectivity index (χ1n) is 10.8. The van der Waals surface area contributed by atoms with Crippen molar-refractivity contribution in [3.8, 4) is 0 Å². The van der Waals surface area contributed by atoms with E-state index in [0.29, 0.717) is 49.9 Å². The van der Waals surface area contributed by atoms with E-state index in [1.54, 1.807) is 17.0 Å². The van der Waals surface area contributed by atoms with Crippen LogP contribution in [0.25, 0.3) is 0 Å². The maximum absolute atomic E-state index is 13.3. The maximum atomic E-state index is 13.3. The average molecular weight is 492 g/mol. The number of benzene rings is 2. The molecule has 1 N–H and O–H groups in total. The Balaban J connectivity index is 1.45. The number of rotatable bonds is 6. The summed E-state index contributed by atoms with van der Waals surface area (Å²) < 4.78 is 28.0. The van der Waals surface area contributed by atoms with Crippen LogP contribution in [0.1, 0.15) is 24.0 Å². The molecule has 176 valence electrons. The number of sulfonamides is 1. The highest BCUT2D eigenvalue weighted by atomic mass is 35.5.